The lowest BCUT2D eigenvalue weighted by Gasteiger charge is -2.39. The number of amides is 1. The van der Waals surface area contributed by atoms with Crippen LogP contribution in [0.3, 0.4) is 0 Å². The Balaban J connectivity index is 1.58. The van der Waals surface area contributed by atoms with E-state index in [4.69, 9.17) is 4.74 Å². The fourth-order valence-electron chi connectivity index (χ4n) is 3.88. The van der Waals surface area contributed by atoms with Gasteiger partial charge in [-0.15, -0.1) is 0 Å². The van der Waals surface area contributed by atoms with Crippen LogP contribution in [0.1, 0.15) is 49.8 Å². The van der Waals surface area contributed by atoms with E-state index in [1.807, 2.05) is 17.0 Å². The highest BCUT2D eigenvalue weighted by molar-refractivity contribution is 5.76. The maximum Gasteiger partial charge on any atom is 0.222 e. The third-order valence-corrected chi connectivity index (χ3v) is 5.51. The number of piperidine rings is 1. The highest BCUT2D eigenvalue weighted by Crippen LogP contribution is 2.28. The molecule has 0 bridgehead atoms. The third-order valence-electron chi connectivity index (χ3n) is 5.51. The predicted molar refractivity (Wildman–Crippen MR) is 95.9 cm³/mol. The molecule has 2 heterocycles. The number of morpholine rings is 1. The van der Waals surface area contributed by atoms with Crippen molar-refractivity contribution in [2.75, 3.05) is 26.2 Å². The van der Waals surface area contributed by atoms with Crippen molar-refractivity contribution in [3.05, 3.63) is 35.4 Å². The van der Waals surface area contributed by atoms with E-state index in [1.54, 1.807) is 0 Å². The first-order valence-corrected chi connectivity index (χ1v) is 9.32. The lowest BCUT2D eigenvalue weighted by atomic mass is 9.92. The number of carbonyl (C=O) groups is 1. The van der Waals surface area contributed by atoms with E-state index < -0.39 is 0 Å². The summed E-state index contributed by atoms with van der Waals surface area (Å²) in [6.07, 6.45) is 4.12. The van der Waals surface area contributed by atoms with Gasteiger partial charge < -0.3 is 15.0 Å². The largest absolute Gasteiger partial charge is 0.370 e. The Labute approximate surface area is 145 Å². The molecule has 2 aliphatic rings. The zero-order chi connectivity index (χ0) is 16.9. The maximum atomic E-state index is 12.8. The first-order valence-electron chi connectivity index (χ1n) is 9.32. The molecule has 0 saturated carbocycles. The normalized spacial score (nSPS) is 25.7. The standard InChI is InChI=1S/C20H30N2O2/c1-15-5-3-4-6-18(15)19-13-22(16(2)14-24-19)20(23)8-7-17-9-11-21-12-10-17/h3-6,16-17,19,21H,7-14H2,1-2H3. The number of hydrogen-bond donors (Lipinski definition) is 1. The van der Waals surface area contributed by atoms with Crippen LogP contribution in [-0.2, 0) is 9.53 Å². The van der Waals surface area contributed by atoms with E-state index in [2.05, 4.69) is 31.3 Å². The molecule has 0 radical (unpaired) electrons. The van der Waals surface area contributed by atoms with Gasteiger partial charge in [-0.2, -0.15) is 0 Å². The molecule has 0 spiro atoms. The summed E-state index contributed by atoms with van der Waals surface area (Å²) in [4.78, 5) is 14.8. The second kappa shape index (κ2) is 8.13. The average molecular weight is 330 g/mol. The van der Waals surface area contributed by atoms with Gasteiger partial charge in [-0.1, -0.05) is 24.3 Å². The summed E-state index contributed by atoms with van der Waals surface area (Å²) < 4.78 is 6.03. The Bertz CT molecular complexity index is 554. The molecule has 4 heteroatoms. The number of carbonyl (C=O) groups excluding carboxylic acids is 1. The van der Waals surface area contributed by atoms with Crippen molar-refractivity contribution in [2.24, 2.45) is 5.92 Å². The smallest absolute Gasteiger partial charge is 0.222 e. The van der Waals surface area contributed by atoms with Gasteiger partial charge in [0.05, 0.1) is 19.2 Å². The number of nitrogens with zero attached hydrogens (tertiary/aromatic N) is 1. The van der Waals surface area contributed by atoms with Crippen molar-refractivity contribution in [3.63, 3.8) is 0 Å². The van der Waals surface area contributed by atoms with Crippen LogP contribution in [0.15, 0.2) is 24.3 Å². The fourth-order valence-corrected chi connectivity index (χ4v) is 3.88. The number of nitrogens with one attached hydrogen (secondary N) is 1. The minimum atomic E-state index is 0.00484. The maximum absolute atomic E-state index is 12.8. The van der Waals surface area contributed by atoms with Crippen molar-refractivity contribution in [1.29, 1.82) is 0 Å². The molecule has 1 aromatic carbocycles. The molecule has 0 aromatic heterocycles. The second-order valence-electron chi connectivity index (χ2n) is 7.31. The van der Waals surface area contributed by atoms with Gasteiger partial charge in [0.15, 0.2) is 0 Å². The summed E-state index contributed by atoms with van der Waals surface area (Å²) >= 11 is 0. The Morgan fingerprint density at radius 3 is 2.79 bits per heavy atom. The van der Waals surface area contributed by atoms with Crippen LogP contribution in [0.4, 0.5) is 0 Å². The lowest BCUT2D eigenvalue weighted by Crippen LogP contribution is -2.48. The topological polar surface area (TPSA) is 41.6 Å². The van der Waals surface area contributed by atoms with Gasteiger partial charge in [-0.05, 0) is 63.2 Å². The lowest BCUT2D eigenvalue weighted by molar-refractivity contribution is -0.144. The quantitative estimate of drug-likeness (QED) is 0.922. The molecule has 2 fully saturated rings. The molecule has 0 aliphatic carbocycles. The Morgan fingerprint density at radius 1 is 1.29 bits per heavy atom. The van der Waals surface area contributed by atoms with Gasteiger partial charge in [0.25, 0.3) is 0 Å². The summed E-state index contributed by atoms with van der Waals surface area (Å²) in [7, 11) is 0. The SMILES string of the molecule is Cc1ccccc1C1CN(C(=O)CCC2CCNCC2)C(C)CO1. The molecular weight excluding hydrogens is 300 g/mol. The van der Waals surface area contributed by atoms with Crippen LogP contribution >= 0.6 is 0 Å². The van der Waals surface area contributed by atoms with Crippen molar-refractivity contribution < 1.29 is 9.53 Å². The number of hydrogen-bond acceptors (Lipinski definition) is 3. The highest BCUT2D eigenvalue weighted by Gasteiger charge is 2.31. The molecule has 24 heavy (non-hydrogen) atoms. The average Bonchev–Trinajstić information content (AvgIpc) is 2.61. The van der Waals surface area contributed by atoms with Gasteiger partial charge in [-0.25, -0.2) is 0 Å². The van der Waals surface area contributed by atoms with Crippen molar-refractivity contribution >= 4 is 5.91 Å². The first-order chi connectivity index (χ1) is 11.6. The van der Waals surface area contributed by atoms with Gasteiger partial charge in [-0.3, -0.25) is 4.79 Å². The fraction of sp³-hybridized carbons (Fsp3) is 0.650. The Kier molecular flexibility index (Phi) is 5.90. The molecule has 2 atom stereocenters. The minimum Gasteiger partial charge on any atom is -0.370 e. The first kappa shape index (κ1) is 17.4. The van der Waals surface area contributed by atoms with Crippen molar-refractivity contribution in [3.8, 4) is 0 Å². The minimum absolute atomic E-state index is 0.00484. The molecule has 1 N–H and O–H groups in total. The molecule has 4 nitrogen and oxygen atoms in total. The number of benzene rings is 1. The molecule has 1 aromatic rings. The number of rotatable bonds is 4. The monoisotopic (exact) mass is 330 g/mol. The molecule has 2 aliphatic heterocycles. The van der Waals surface area contributed by atoms with E-state index >= 15 is 0 Å². The summed E-state index contributed by atoms with van der Waals surface area (Å²) in [6, 6.07) is 8.50. The van der Waals surface area contributed by atoms with E-state index in [0.717, 1.165) is 19.5 Å². The van der Waals surface area contributed by atoms with Crippen LogP contribution in [-0.4, -0.2) is 43.1 Å². The Morgan fingerprint density at radius 2 is 2.04 bits per heavy atom. The van der Waals surface area contributed by atoms with Crippen LogP contribution in [0.25, 0.3) is 0 Å². The summed E-state index contributed by atoms with van der Waals surface area (Å²) in [6.45, 7) is 7.70. The summed E-state index contributed by atoms with van der Waals surface area (Å²) in [5.74, 6) is 1.00. The highest BCUT2D eigenvalue weighted by atomic mass is 16.5. The van der Waals surface area contributed by atoms with Gasteiger partial charge >= 0.3 is 0 Å². The molecular formula is C20H30N2O2. The van der Waals surface area contributed by atoms with E-state index in [-0.39, 0.29) is 12.1 Å². The number of aryl methyl sites for hydroxylation is 1. The zero-order valence-electron chi connectivity index (χ0n) is 15.0. The van der Waals surface area contributed by atoms with Crippen LogP contribution in [0.2, 0.25) is 0 Å². The summed E-state index contributed by atoms with van der Waals surface area (Å²) in [5.41, 5.74) is 2.44. The van der Waals surface area contributed by atoms with Crippen molar-refractivity contribution in [2.45, 2.75) is 51.7 Å². The predicted octanol–water partition coefficient (Wildman–Crippen LogP) is 3.06. The third kappa shape index (κ3) is 4.17. The van der Waals surface area contributed by atoms with Gasteiger partial charge in [0.2, 0.25) is 5.91 Å². The van der Waals surface area contributed by atoms with E-state index in [9.17, 15) is 4.79 Å². The molecule has 3 rings (SSSR count). The molecule has 132 valence electrons. The van der Waals surface area contributed by atoms with Gasteiger partial charge in [0.1, 0.15) is 6.10 Å². The van der Waals surface area contributed by atoms with E-state index in [0.29, 0.717) is 31.4 Å². The van der Waals surface area contributed by atoms with Crippen LogP contribution < -0.4 is 5.32 Å². The Hall–Kier alpha value is -1.39. The van der Waals surface area contributed by atoms with Crippen LogP contribution in [0, 0.1) is 12.8 Å². The number of ether oxygens (including phenoxy) is 1. The summed E-state index contributed by atoms with van der Waals surface area (Å²) in [5, 5.41) is 3.39. The molecule has 2 unspecified atom stereocenters. The molecule has 2 saturated heterocycles. The van der Waals surface area contributed by atoms with Crippen molar-refractivity contribution in [1.82, 2.24) is 10.2 Å². The van der Waals surface area contributed by atoms with E-state index in [1.165, 1.54) is 24.0 Å². The second-order valence-corrected chi connectivity index (χ2v) is 7.31. The van der Waals surface area contributed by atoms with Gasteiger partial charge in [0, 0.05) is 6.42 Å². The van der Waals surface area contributed by atoms with Crippen LogP contribution in [0.5, 0.6) is 0 Å². The zero-order valence-corrected chi connectivity index (χ0v) is 15.0. The molecule has 1 amide bonds.